The van der Waals surface area contributed by atoms with E-state index in [1.165, 1.54) is 17.0 Å². The van der Waals surface area contributed by atoms with Crippen molar-refractivity contribution in [3.63, 3.8) is 0 Å². The molecule has 0 saturated heterocycles. The molecule has 0 unspecified atom stereocenters. The van der Waals surface area contributed by atoms with Gasteiger partial charge in [-0.3, -0.25) is 13.9 Å². The first kappa shape index (κ1) is 27.6. The van der Waals surface area contributed by atoms with Crippen molar-refractivity contribution < 1.29 is 22.4 Å². The molecule has 7 nitrogen and oxygen atoms in total. The van der Waals surface area contributed by atoms with E-state index in [1.54, 1.807) is 24.3 Å². The van der Waals surface area contributed by atoms with Gasteiger partial charge in [0.05, 0.1) is 11.9 Å². The van der Waals surface area contributed by atoms with E-state index in [-0.39, 0.29) is 18.5 Å². The molecule has 0 heterocycles. The van der Waals surface area contributed by atoms with Gasteiger partial charge in [0.25, 0.3) is 0 Å². The van der Waals surface area contributed by atoms with Gasteiger partial charge >= 0.3 is 0 Å². The zero-order valence-corrected chi connectivity index (χ0v) is 22.6. The molecule has 1 N–H and O–H groups in total. The summed E-state index contributed by atoms with van der Waals surface area (Å²) in [5.41, 5.74) is 1.03. The van der Waals surface area contributed by atoms with E-state index in [2.05, 4.69) is 5.32 Å². The lowest BCUT2D eigenvalue weighted by atomic mass is 10.1. The molecule has 1 atom stereocenters. The molecule has 1 aliphatic carbocycles. The number of hydrogen-bond acceptors (Lipinski definition) is 4. The first-order chi connectivity index (χ1) is 18.2. The number of carbonyl (C=O) groups is 2. The van der Waals surface area contributed by atoms with Crippen LogP contribution >= 0.6 is 0 Å². The summed E-state index contributed by atoms with van der Waals surface area (Å²) in [6, 6.07) is 17.7. The summed E-state index contributed by atoms with van der Waals surface area (Å²) in [7, 11) is -3.85. The highest BCUT2D eigenvalue weighted by Crippen LogP contribution is 2.29. The molecule has 1 fully saturated rings. The van der Waals surface area contributed by atoms with Crippen molar-refractivity contribution in [2.75, 3.05) is 17.1 Å². The molecule has 202 valence electrons. The van der Waals surface area contributed by atoms with Gasteiger partial charge in [-0.15, -0.1) is 0 Å². The Hall–Kier alpha value is -3.46. The van der Waals surface area contributed by atoms with E-state index >= 15 is 0 Å². The highest BCUT2D eigenvalue weighted by atomic mass is 32.2. The summed E-state index contributed by atoms with van der Waals surface area (Å²) in [4.78, 5) is 28.7. The number of nitrogens with one attached hydrogen (secondary N) is 1. The molecular formula is C29H34FN3O4S. The molecule has 0 aliphatic heterocycles. The summed E-state index contributed by atoms with van der Waals surface area (Å²) in [6.45, 7) is 1.40. The third-order valence-electron chi connectivity index (χ3n) is 7.07. The molecule has 4 rings (SSSR count). The van der Waals surface area contributed by atoms with Crippen LogP contribution < -0.4 is 9.62 Å². The predicted octanol–water partition coefficient (Wildman–Crippen LogP) is 4.61. The van der Waals surface area contributed by atoms with Crippen LogP contribution in [0, 0.1) is 5.82 Å². The van der Waals surface area contributed by atoms with Gasteiger partial charge in [0.2, 0.25) is 21.8 Å². The third kappa shape index (κ3) is 6.51. The normalized spacial score (nSPS) is 14.8. The van der Waals surface area contributed by atoms with Gasteiger partial charge in [0.15, 0.2) is 0 Å². The second-order valence-corrected chi connectivity index (χ2v) is 11.7. The average Bonchev–Trinajstić information content (AvgIpc) is 3.40. The van der Waals surface area contributed by atoms with Crippen molar-refractivity contribution in [2.24, 2.45) is 0 Å². The molecule has 9 heteroatoms. The van der Waals surface area contributed by atoms with Gasteiger partial charge in [0, 0.05) is 18.0 Å². The van der Waals surface area contributed by atoms with E-state index in [4.69, 9.17) is 0 Å². The van der Waals surface area contributed by atoms with Crippen LogP contribution in [0.25, 0.3) is 10.8 Å². The predicted molar refractivity (Wildman–Crippen MR) is 148 cm³/mol. The van der Waals surface area contributed by atoms with E-state index in [0.717, 1.165) is 41.6 Å². The molecule has 0 radical (unpaired) electrons. The quantitative estimate of drug-likeness (QED) is 0.408. The molecule has 3 aromatic rings. The number of nitrogens with zero attached hydrogens (tertiary/aromatic N) is 2. The third-order valence-corrected chi connectivity index (χ3v) is 8.19. The number of sulfonamides is 1. The Labute approximate surface area is 223 Å². The fraction of sp³-hybridized carbons (Fsp3) is 0.379. The zero-order valence-electron chi connectivity index (χ0n) is 21.8. The summed E-state index contributed by atoms with van der Waals surface area (Å²) < 4.78 is 40.6. The molecule has 38 heavy (non-hydrogen) atoms. The zero-order chi connectivity index (χ0) is 27.3. The van der Waals surface area contributed by atoms with E-state index in [9.17, 15) is 22.4 Å². The fourth-order valence-corrected chi connectivity index (χ4v) is 5.96. The summed E-state index contributed by atoms with van der Waals surface area (Å²) in [6.07, 6.45) is 5.31. The van der Waals surface area contributed by atoms with Crippen LogP contribution in [0.1, 0.15) is 44.6 Å². The molecule has 0 aromatic heterocycles. The van der Waals surface area contributed by atoms with Crippen LogP contribution in [0.4, 0.5) is 10.1 Å². The maximum absolute atomic E-state index is 13.9. The van der Waals surface area contributed by atoms with Gasteiger partial charge in [-0.25, -0.2) is 12.8 Å². The van der Waals surface area contributed by atoms with E-state index in [1.807, 2.05) is 37.3 Å². The maximum Gasteiger partial charge on any atom is 0.244 e. The van der Waals surface area contributed by atoms with Gasteiger partial charge in [-0.2, -0.15) is 0 Å². The minimum Gasteiger partial charge on any atom is -0.352 e. The van der Waals surface area contributed by atoms with Gasteiger partial charge < -0.3 is 10.2 Å². The first-order valence-corrected chi connectivity index (χ1v) is 14.8. The van der Waals surface area contributed by atoms with Gasteiger partial charge in [-0.1, -0.05) is 68.3 Å². The average molecular weight is 540 g/mol. The van der Waals surface area contributed by atoms with Crippen molar-refractivity contribution in [2.45, 2.75) is 57.7 Å². The number of fused-ring (bicyclic) bond motifs is 1. The van der Waals surface area contributed by atoms with Crippen molar-refractivity contribution >= 4 is 38.3 Å². The van der Waals surface area contributed by atoms with Crippen LogP contribution in [0.2, 0.25) is 0 Å². The number of hydrogen-bond donors (Lipinski definition) is 1. The number of carbonyl (C=O) groups excluding carboxylic acids is 2. The summed E-state index contributed by atoms with van der Waals surface area (Å²) in [5.74, 6) is -1.18. The lowest BCUT2D eigenvalue weighted by molar-refractivity contribution is -0.140. The maximum atomic E-state index is 13.9. The van der Waals surface area contributed by atoms with Crippen molar-refractivity contribution in [1.29, 1.82) is 0 Å². The molecule has 1 saturated carbocycles. The van der Waals surface area contributed by atoms with E-state index < -0.39 is 34.3 Å². The monoisotopic (exact) mass is 539 g/mol. The topological polar surface area (TPSA) is 86.8 Å². The Bertz CT molecular complexity index is 1380. The minimum absolute atomic E-state index is 0.0445. The van der Waals surface area contributed by atoms with Crippen LogP contribution in [0.3, 0.4) is 0 Å². The smallest absolute Gasteiger partial charge is 0.244 e. The van der Waals surface area contributed by atoms with E-state index in [0.29, 0.717) is 23.1 Å². The Balaban J connectivity index is 1.68. The molecule has 2 amide bonds. The molecule has 3 aromatic carbocycles. The highest BCUT2D eigenvalue weighted by Gasteiger charge is 2.33. The highest BCUT2D eigenvalue weighted by molar-refractivity contribution is 7.92. The van der Waals surface area contributed by atoms with Crippen LogP contribution in [-0.4, -0.2) is 50.0 Å². The molecule has 0 spiro atoms. The fourth-order valence-electron chi connectivity index (χ4n) is 5.09. The lowest BCUT2D eigenvalue weighted by Crippen LogP contribution is -2.53. The van der Waals surface area contributed by atoms with Crippen LogP contribution in [-0.2, 0) is 26.2 Å². The second-order valence-electron chi connectivity index (χ2n) is 9.83. The van der Waals surface area contributed by atoms with Gasteiger partial charge in [-0.05, 0) is 48.4 Å². The molecule has 1 aliphatic rings. The van der Waals surface area contributed by atoms with Crippen molar-refractivity contribution in [1.82, 2.24) is 10.2 Å². The Morgan fingerprint density at radius 2 is 1.66 bits per heavy atom. The first-order valence-electron chi connectivity index (χ1n) is 13.0. The number of halogens is 1. The molecular weight excluding hydrogens is 505 g/mol. The second kappa shape index (κ2) is 11.9. The van der Waals surface area contributed by atoms with Crippen LogP contribution in [0.15, 0.2) is 66.7 Å². The molecule has 0 bridgehead atoms. The number of amides is 2. The van der Waals surface area contributed by atoms with Crippen molar-refractivity contribution in [3.8, 4) is 0 Å². The summed E-state index contributed by atoms with van der Waals surface area (Å²) in [5, 5.41) is 4.62. The number of anilines is 1. The van der Waals surface area contributed by atoms with Crippen molar-refractivity contribution in [3.05, 3.63) is 78.1 Å². The van der Waals surface area contributed by atoms with Gasteiger partial charge in [0.1, 0.15) is 18.4 Å². The Morgan fingerprint density at radius 3 is 2.32 bits per heavy atom. The lowest BCUT2D eigenvalue weighted by Gasteiger charge is -2.33. The SMILES string of the molecule is CC[C@@H](C(=O)NC1CCCC1)N(Cc1ccc(F)cc1)C(=O)CN(c1cccc2ccccc12)S(C)(=O)=O. The number of rotatable bonds is 10. The number of benzene rings is 3. The Morgan fingerprint density at radius 1 is 1.00 bits per heavy atom. The minimum atomic E-state index is -3.85. The summed E-state index contributed by atoms with van der Waals surface area (Å²) >= 11 is 0. The Kier molecular flexibility index (Phi) is 8.66. The standard InChI is InChI=1S/C29H34FN3O4S/c1-3-26(29(35)31-24-11-5-6-12-24)32(19-21-15-17-23(30)18-16-21)28(34)20-33(38(2,36)37)27-14-8-10-22-9-4-7-13-25(22)27/h4,7-10,13-18,24,26H,3,5-6,11-12,19-20H2,1-2H3,(H,31,35)/t26-/m0/s1. The van der Waals surface area contributed by atoms with Crippen LogP contribution in [0.5, 0.6) is 0 Å². The largest absolute Gasteiger partial charge is 0.352 e.